The van der Waals surface area contributed by atoms with Crippen LogP contribution < -0.4 is 5.32 Å². The normalized spacial score (nSPS) is 24.6. The molecule has 3 nitrogen and oxygen atoms in total. The van der Waals surface area contributed by atoms with E-state index in [1.54, 1.807) is 6.07 Å². The van der Waals surface area contributed by atoms with Crippen LogP contribution in [0.2, 0.25) is 0 Å². The van der Waals surface area contributed by atoms with Crippen LogP contribution in [0.4, 0.5) is 4.39 Å². The number of benzene rings is 1. The first-order chi connectivity index (χ1) is 9.08. The lowest BCUT2D eigenvalue weighted by Gasteiger charge is -2.35. The van der Waals surface area contributed by atoms with E-state index in [9.17, 15) is 4.39 Å². The molecule has 0 amide bonds. The molecule has 106 valence electrons. The Morgan fingerprint density at radius 3 is 2.63 bits per heavy atom. The minimum absolute atomic E-state index is 0.119. The lowest BCUT2D eigenvalue weighted by molar-refractivity contribution is -0.0707. The second-order valence-electron chi connectivity index (χ2n) is 5.41. The topological polar surface area (TPSA) is 24.5 Å². The highest BCUT2D eigenvalue weighted by Crippen LogP contribution is 2.17. The zero-order valence-corrected chi connectivity index (χ0v) is 11.9. The van der Waals surface area contributed by atoms with Gasteiger partial charge in [-0.2, -0.15) is 0 Å². The van der Waals surface area contributed by atoms with Crippen LogP contribution in [0.15, 0.2) is 18.2 Å². The molecule has 2 rings (SSSR count). The van der Waals surface area contributed by atoms with Crippen molar-refractivity contribution in [2.24, 2.45) is 0 Å². The standard InChI is InChI=1S/C15H23FN2O/c1-11-8-18(9-12(2)19-11)10-14-6-13(7-17-3)4-5-15(14)16/h4-6,11-12,17H,7-10H2,1-3H3. The average molecular weight is 266 g/mol. The Morgan fingerprint density at radius 1 is 1.32 bits per heavy atom. The fraction of sp³-hybridized carbons (Fsp3) is 0.600. The van der Waals surface area contributed by atoms with Crippen LogP contribution in [-0.2, 0) is 17.8 Å². The monoisotopic (exact) mass is 266 g/mol. The highest BCUT2D eigenvalue weighted by molar-refractivity contribution is 5.25. The Morgan fingerprint density at radius 2 is 2.00 bits per heavy atom. The molecule has 1 saturated heterocycles. The molecule has 4 heteroatoms. The Kier molecular flexibility index (Phi) is 4.91. The Labute approximate surface area is 114 Å². The molecular weight excluding hydrogens is 243 g/mol. The van der Waals surface area contributed by atoms with Gasteiger partial charge in [0.1, 0.15) is 5.82 Å². The van der Waals surface area contributed by atoms with Crippen molar-refractivity contribution in [3.63, 3.8) is 0 Å². The molecule has 0 bridgehead atoms. The van der Waals surface area contributed by atoms with E-state index in [4.69, 9.17) is 4.74 Å². The molecule has 0 aliphatic carbocycles. The lowest BCUT2D eigenvalue weighted by Crippen LogP contribution is -2.44. The van der Waals surface area contributed by atoms with Gasteiger partial charge in [0, 0.05) is 31.7 Å². The van der Waals surface area contributed by atoms with Gasteiger partial charge in [-0.3, -0.25) is 4.90 Å². The number of ether oxygens (including phenoxy) is 1. The molecule has 1 aliphatic rings. The van der Waals surface area contributed by atoms with E-state index >= 15 is 0 Å². The largest absolute Gasteiger partial charge is 0.373 e. The van der Waals surface area contributed by atoms with Crippen LogP contribution in [0, 0.1) is 5.82 Å². The Bertz CT molecular complexity index is 415. The van der Waals surface area contributed by atoms with Crippen LogP contribution in [-0.4, -0.2) is 37.2 Å². The molecule has 2 atom stereocenters. The Hall–Kier alpha value is -0.970. The molecule has 19 heavy (non-hydrogen) atoms. The minimum atomic E-state index is -0.119. The van der Waals surface area contributed by atoms with Crippen LogP contribution in [0.3, 0.4) is 0 Å². The zero-order chi connectivity index (χ0) is 13.8. The van der Waals surface area contributed by atoms with Crippen molar-refractivity contribution in [3.8, 4) is 0 Å². The van der Waals surface area contributed by atoms with Crippen molar-refractivity contribution in [1.82, 2.24) is 10.2 Å². The summed E-state index contributed by atoms with van der Waals surface area (Å²) in [6, 6.07) is 5.35. The molecule has 0 saturated carbocycles. The van der Waals surface area contributed by atoms with Gasteiger partial charge in [-0.1, -0.05) is 12.1 Å². The third kappa shape index (κ3) is 4.00. The van der Waals surface area contributed by atoms with E-state index in [0.29, 0.717) is 6.54 Å². The minimum Gasteiger partial charge on any atom is -0.373 e. The number of nitrogens with zero attached hydrogens (tertiary/aromatic N) is 1. The van der Waals surface area contributed by atoms with Gasteiger partial charge in [-0.05, 0) is 32.5 Å². The highest BCUT2D eigenvalue weighted by atomic mass is 19.1. The van der Waals surface area contributed by atoms with Crippen molar-refractivity contribution < 1.29 is 9.13 Å². The summed E-state index contributed by atoms with van der Waals surface area (Å²) in [6.45, 7) is 7.28. The lowest BCUT2D eigenvalue weighted by atomic mass is 10.1. The van der Waals surface area contributed by atoms with Gasteiger partial charge in [0.05, 0.1) is 12.2 Å². The fourth-order valence-electron chi connectivity index (χ4n) is 2.72. The maximum Gasteiger partial charge on any atom is 0.127 e. The predicted molar refractivity (Wildman–Crippen MR) is 74.4 cm³/mol. The molecular formula is C15H23FN2O. The van der Waals surface area contributed by atoms with Crippen molar-refractivity contribution in [1.29, 1.82) is 0 Å². The molecule has 0 aromatic heterocycles. The number of hydrogen-bond acceptors (Lipinski definition) is 3. The number of morpholine rings is 1. The Balaban J connectivity index is 2.07. The summed E-state index contributed by atoms with van der Waals surface area (Å²) in [5, 5.41) is 3.09. The second kappa shape index (κ2) is 6.46. The van der Waals surface area contributed by atoms with Gasteiger partial charge in [0.25, 0.3) is 0 Å². The molecule has 0 radical (unpaired) electrons. The van der Waals surface area contributed by atoms with Gasteiger partial charge >= 0.3 is 0 Å². The summed E-state index contributed by atoms with van der Waals surface area (Å²) in [4.78, 5) is 2.26. The first kappa shape index (κ1) is 14.4. The predicted octanol–water partition coefficient (Wildman–Crippen LogP) is 2.15. The summed E-state index contributed by atoms with van der Waals surface area (Å²) in [6.07, 6.45) is 0.430. The molecule has 1 fully saturated rings. The van der Waals surface area contributed by atoms with E-state index in [1.165, 1.54) is 0 Å². The van der Waals surface area contributed by atoms with Gasteiger partial charge in [-0.15, -0.1) is 0 Å². The van der Waals surface area contributed by atoms with Crippen molar-refractivity contribution in [2.45, 2.75) is 39.1 Å². The van der Waals surface area contributed by atoms with Gasteiger partial charge in [0.2, 0.25) is 0 Å². The van der Waals surface area contributed by atoms with Crippen LogP contribution in [0.25, 0.3) is 0 Å². The summed E-state index contributed by atoms with van der Waals surface area (Å²) in [5.41, 5.74) is 1.89. The summed E-state index contributed by atoms with van der Waals surface area (Å²) < 4.78 is 19.6. The third-order valence-corrected chi connectivity index (χ3v) is 3.38. The molecule has 0 spiro atoms. The van der Waals surface area contributed by atoms with Gasteiger partial charge < -0.3 is 10.1 Å². The van der Waals surface area contributed by atoms with Gasteiger partial charge in [0.15, 0.2) is 0 Å². The SMILES string of the molecule is CNCc1ccc(F)c(CN2CC(C)OC(C)C2)c1. The smallest absolute Gasteiger partial charge is 0.127 e. The van der Waals surface area contributed by atoms with Crippen molar-refractivity contribution in [2.75, 3.05) is 20.1 Å². The second-order valence-corrected chi connectivity index (χ2v) is 5.41. The first-order valence-electron chi connectivity index (χ1n) is 6.88. The average Bonchev–Trinajstić information content (AvgIpc) is 2.32. The third-order valence-electron chi connectivity index (χ3n) is 3.38. The molecule has 1 aromatic rings. The summed E-state index contributed by atoms with van der Waals surface area (Å²) in [7, 11) is 1.90. The van der Waals surface area contributed by atoms with Gasteiger partial charge in [-0.25, -0.2) is 4.39 Å². The molecule has 1 aliphatic heterocycles. The summed E-state index contributed by atoms with van der Waals surface area (Å²) >= 11 is 0. The highest BCUT2D eigenvalue weighted by Gasteiger charge is 2.22. The van der Waals surface area contributed by atoms with E-state index in [1.807, 2.05) is 19.2 Å². The molecule has 2 unspecified atom stereocenters. The summed E-state index contributed by atoms with van der Waals surface area (Å²) in [5.74, 6) is -0.119. The van der Waals surface area contributed by atoms with Crippen molar-refractivity contribution >= 4 is 0 Å². The number of rotatable bonds is 4. The van der Waals surface area contributed by atoms with E-state index in [0.717, 1.165) is 30.8 Å². The molecule has 1 N–H and O–H groups in total. The fourth-order valence-corrected chi connectivity index (χ4v) is 2.72. The van der Waals surface area contributed by atoms with Crippen molar-refractivity contribution in [3.05, 3.63) is 35.1 Å². The maximum atomic E-state index is 13.9. The van der Waals surface area contributed by atoms with Crippen LogP contribution in [0.1, 0.15) is 25.0 Å². The van der Waals surface area contributed by atoms with Crippen LogP contribution >= 0.6 is 0 Å². The maximum absolute atomic E-state index is 13.9. The van der Waals surface area contributed by atoms with E-state index in [-0.39, 0.29) is 18.0 Å². The number of nitrogens with one attached hydrogen (secondary N) is 1. The number of hydrogen-bond donors (Lipinski definition) is 1. The number of halogens is 1. The van der Waals surface area contributed by atoms with E-state index < -0.39 is 0 Å². The molecule has 1 aromatic carbocycles. The quantitative estimate of drug-likeness (QED) is 0.904. The van der Waals surface area contributed by atoms with E-state index in [2.05, 4.69) is 24.1 Å². The first-order valence-corrected chi connectivity index (χ1v) is 6.88. The molecule has 1 heterocycles. The van der Waals surface area contributed by atoms with Crippen LogP contribution in [0.5, 0.6) is 0 Å². The zero-order valence-electron chi connectivity index (χ0n) is 11.9.